The second kappa shape index (κ2) is 6.34. The van der Waals surface area contributed by atoms with Crippen LogP contribution in [0.2, 0.25) is 0 Å². The molecule has 3 aliphatic rings. The van der Waals surface area contributed by atoms with Gasteiger partial charge in [-0.15, -0.1) is 0 Å². The molecule has 1 saturated carbocycles. The molecule has 1 aromatic rings. The highest BCUT2D eigenvalue weighted by atomic mass is 32.2. The van der Waals surface area contributed by atoms with Gasteiger partial charge in [-0.3, -0.25) is 4.90 Å². The SMILES string of the molecule is O=S1(=O)CCC2(CCCN(Cc3ccc(OCC4CC4)cc3)C2)C1. The van der Waals surface area contributed by atoms with Crippen molar-refractivity contribution in [3.05, 3.63) is 29.8 Å². The first-order valence-corrected chi connectivity index (χ1v) is 11.0. The summed E-state index contributed by atoms with van der Waals surface area (Å²) in [5, 5.41) is 0. The van der Waals surface area contributed by atoms with E-state index in [2.05, 4.69) is 29.2 Å². The van der Waals surface area contributed by atoms with E-state index in [4.69, 9.17) is 4.74 Å². The fourth-order valence-electron chi connectivity index (χ4n) is 4.20. The maximum Gasteiger partial charge on any atom is 0.150 e. The van der Waals surface area contributed by atoms with Crippen molar-refractivity contribution < 1.29 is 13.2 Å². The zero-order valence-electron chi connectivity index (χ0n) is 14.2. The highest BCUT2D eigenvalue weighted by Gasteiger charge is 2.44. The molecule has 24 heavy (non-hydrogen) atoms. The van der Waals surface area contributed by atoms with Gasteiger partial charge in [0.25, 0.3) is 0 Å². The molecule has 4 nitrogen and oxygen atoms in total. The molecule has 2 saturated heterocycles. The number of ether oxygens (including phenoxy) is 1. The molecule has 1 unspecified atom stereocenters. The van der Waals surface area contributed by atoms with Gasteiger partial charge >= 0.3 is 0 Å². The van der Waals surface area contributed by atoms with Crippen LogP contribution in [0, 0.1) is 11.3 Å². The van der Waals surface area contributed by atoms with Crippen molar-refractivity contribution >= 4 is 9.84 Å². The summed E-state index contributed by atoms with van der Waals surface area (Å²) in [5.74, 6) is 2.51. The van der Waals surface area contributed by atoms with Crippen LogP contribution in [0.25, 0.3) is 0 Å². The van der Waals surface area contributed by atoms with Crippen LogP contribution in [0.15, 0.2) is 24.3 Å². The number of hydrogen-bond donors (Lipinski definition) is 0. The van der Waals surface area contributed by atoms with E-state index >= 15 is 0 Å². The maximum atomic E-state index is 11.9. The third kappa shape index (κ3) is 3.94. The summed E-state index contributed by atoms with van der Waals surface area (Å²) in [5.41, 5.74) is 1.30. The van der Waals surface area contributed by atoms with Gasteiger partial charge in [-0.25, -0.2) is 8.42 Å². The summed E-state index contributed by atoms with van der Waals surface area (Å²) in [6.45, 7) is 3.75. The third-order valence-corrected chi connectivity index (χ3v) is 7.60. The Labute approximate surface area is 145 Å². The summed E-state index contributed by atoms with van der Waals surface area (Å²) in [7, 11) is -2.81. The first kappa shape index (κ1) is 16.4. The predicted octanol–water partition coefficient (Wildman–Crippen LogP) is 2.88. The Balaban J connectivity index is 1.34. The molecule has 4 rings (SSSR count). The predicted molar refractivity (Wildman–Crippen MR) is 94.9 cm³/mol. The summed E-state index contributed by atoms with van der Waals surface area (Å²) >= 11 is 0. The Morgan fingerprint density at radius 3 is 2.62 bits per heavy atom. The third-order valence-electron chi connectivity index (χ3n) is 5.72. The van der Waals surface area contributed by atoms with Crippen molar-refractivity contribution in [2.75, 3.05) is 31.2 Å². The van der Waals surface area contributed by atoms with Crippen molar-refractivity contribution in [3.8, 4) is 5.75 Å². The van der Waals surface area contributed by atoms with E-state index < -0.39 is 9.84 Å². The molecule has 3 fully saturated rings. The molecule has 132 valence electrons. The number of benzene rings is 1. The molecule has 2 heterocycles. The van der Waals surface area contributed by atoms with Gasteiger partial charge in [0.1, 0.15) is 5.75 Å². The minimum absolute atomic E-state index is 0.0183. The molecule has 1 spiro atoms. The summed E-state index contributed by atoms with van der Waals surface area (Å²) in [4.78, 5) is 2.43. The Hall–Kier alpha value is -1.07. The lowest BCUT2D eigenvalue weighted by atomic mass is 9.79. The monoisotopic (exact) mass is 349 g/mol. The second-order valence-electron chi connectivity index (χ2n) is 8.05. The van der Waals surface area contributed by atoms with Gasteiger partial charge in [0.15, 0.2) is 9.84 Å². The Morgan fingerprint density at radius 1 is 1.17 bits per heavy atom. The highest BCUT2D eigenvalue weighted by molar-refractivity contribution is 7.91. The zero-order valence-corrected chi connectivity index (χ0v) is 15.1. The van der Waals surface area contributed by atoms with E-state index in [1.165, 1.54) is 18.4 Å². The van der Waals surface area contributed by atoms with Gasteiger partial charge in [-0.05, 0) is 67.7 Å². The van der Waals surface area contributed by atoms with E-state index in [-0.39, 0.29) is 5.41 Å². The summed E-state index contributed by atoms with van der Waals surface area (Å²) in [6, 6.07) is 8.43. The number of nitrogens with zero attached hydrogens (tertiary/aromatic N) is 1. The second-order valence-corrected chi connectivity index (χ2v) is 10.2. The smallest absolute Gasteiger partial charge is 0.150 e. The molecule has 2 aliphatic heterocycles. The number of piperidine rings is 1. The summed E-state index contributed by atoms with van der Waals surface area (Å²) < 4.78 is 29.6. The molecule has 1 aliphatic carbocycles. The van der Waals surface area contributed by atoms with Gasteiger partial charge in [0.2, 0.25) is 0 Å². The lowest BCUT2D eigenvalue weighted by Crippen LogP contribution is -2.43. The van der Waals surface area contributed by atoms with Gasteiger partial charge in [-0.2, -0.15) is 0 Å². The van der Waals surface area contributed by atoms with Crippen LogP contribution in [0.5, 0.6) is 5.75 Å². The average molecular weight is 349 g/mol. The van der Waals surface area contributed by atoms with Gasteiger partial charge in [0, 0.05) is 13.1 Å². The Kier molecular flexibility index (Phi) is 4.33. The number of likely N-dealkylation sites (tertiary alicyclic amines) is 1. The minimum atomic E-state index is -2.81. The quantitative estimate of drug-likeness (QED) is 0.820. The normalized spacial score (nSPS) is 29.8. The van der Waals surface area contributed by atoms with Crippen molar-refractivity contribution in [1.29, 1.82) is 0 Å². The fourth-order valence-corrected chi connectivity index (χ4v) is 6.40. The topological polar surface area (TPSA) is 46.6 Å². The zero-order chi connectivity index (χ0) is 16.6. The van der Waals surface area contributed by atoms with Crippen LogP contribution < -0.4 is 4.74 Å². The largest absolute Gasteiger partial charge is 0.493 e. The van der Waals surface area contributed by atoms with E-state index in [1.54, 1.807) is 0 Å². The Bertz CT molecular complexity index is 681. The van der Waals surface area contributed by atoms with Gasteiger partial charge in [-0.1, -0.05) is 12.1 Å². The van der Waals surface area contributed by atoms with Gasteiger partial charge in [0.05, 0.1) is 18.1 Å². The Morgan fingerprint density at radius 2 is 1.96 bits per heavy atom. The average Bonchev–Trinajstić information content (AvgIpc) is 3.32. The highest BCUT2D eigenvalue weighted by Crippen LogP contribution is 2.40. The van der Waals surface area contributed by atoms with Crippen molar-refractivity contribution in [2.45, 2.75) is 38.6 Å². The standard InChI is InChI=1S/C19H27NO3S/c21-24(22)11-9-19(15-24)8-1-10-20(14-19)12-16-4-6-18(7-5-16)23-13-17-2-3-17/h4-7,17H,1-3,8-15H2. The van der Waals surface area contributed by atoms with E-state index in [0.29, 0.717) is 11.5 Å². The minimum Gasteiger partial charge on any atom is -0.493 e. The molecular formula is C19H27NO3S. The van der Waals surface area contributed by atoms with Crippen LogP contribution in [0.1, 0.15) is 37.7 Å². The van der Waals surface area contributed by atoms with E-state index in [1.807, 2.05) is 0 Å². The molecule has 0 N–H and O–H groups in total. The van der Waals surface area contributed by atoms with Crippen LogP contribution in [-0.4, -0.2) is 44.5 Å². The number of hydrogen-bond acceptors (Lipinski definition) is 4. The lowest BCUT2D eigenvalue weighted by molar-refractivity contribution is 0.102. The van der Waals surface area contributed by atoms with Crippen LogP contribution in [0.4, 0.5) is 0 Å². The van der Waals surface area contributed by atoms with Crippen molar-refractivity contribution in [3.63, 3.8) is 0 Å². The van der Waals surface area contributed by atoms with Crippen molar-refractivity contribution in [1.82, 2.24) is 4.90 Å². The number of rotatable bonds is 5. The number of sulfone groups is 1. The van der Waals surface area contributed by atoms with Gasteiger partial charge < -0.3 is 4.74 Å². The molecular weight excluding hydrogens is 322 g/mol. The molecule has 1 atom stereocenters. The van der Waals surface area contributed by atoms with Crippen LogP contribution in [0.3, 0.4) is 0 Å². The fraction of sp³-hybridized carbons (Fsp3) is 0.684. The van der Waals surface area contributed by atoms with Crippen molar-refractivity contribution in [2.24, 2.45) is 11.3 Å². The lowest BCUT2D eigenvalue weighted by Gasteiger charge is -2.39. The van der Waals surface area contributed by atoms with E-state index in [0.717, 1.165) is 57.2 Å². The maximum absolute atomic E-state index is 11.9. The first-order valence-electron chi connectivity index (χ1n) is 9.17. The van der Waals surface area contributed by atoms with Crippen LogP contribution >= 0.6 is 0 Å². The molecule has 5 heteroatoms. The van der Waals surface area contributed by atoms with Crippen LogP contribution in [-0.2, 0) is 16.4 Å². The summed E-state index contributed by atoms with van der Waals surface area (Å²) in [6.07, 6.45) is 5.64. The molecule has 0 bridgehead atoms. The first-order chi connectivity index (χ1) is 11.5. The molecule has 0 amide bonds. The van der Waals surface area contributed by atoms with E-state index in [9.17, 15) is 8.42 Å². The molecule has 0 aromatic heterocycles. The molecule has 0 radical (unpaired) electrons. The molecule has 1 aromatic carbocycles.